The van der Waals surface area contributed by atoms with Gasteiger partial charge in [-0.25, -0.2) is 9.37 Å². The van der Waals surface area contributed by atoms with Gasteiger partial charge in [0.2, 0.25) is 0 Å². The summed E-state index contributed by atoms with van der Waals surface area (Å²) in [5.41, 5.74) is 2.70. The molecule has 0 radical (unpaired) electrons. The van der Waals surface area contributed by atoms with Crippen molar-refractivity contribution in [3.05, 3.63) is 74.2 Å². The van der Waals surface area contributed by atoms with E-state index in [4.69, 9.17) is 26.7 Å². The molecule has 0 amide bonds. The van der Waals surface area contributed by atoms with Crippen LogP contribution in [0.2, 0.25) is 0 Å². The van der Waals surface area contributed by atoms with Gasteiger partial charge < -0.3 is 9.47 Å². The van der Waals surface area contributed by atoms with Crippen LogP contribution >= 0.6 is 35.3 Å². The molecule has 4 aromatic rings. The van der Waals surface area contributed by atoms with Crippen molar-refractivity contribution in [3.8, 4) is 11.4 Å². The highest BCUT2D eigenvalue weighted by Crippen LogP contribution is 2.29. The normalized spacial score (nSPS) is 14.4. The van der Waals surface area contributed by atoms with E-state index < -0.39 is 0 Å². The fourth-order valence-corrected chi connectivity index (χ4v) is 5.76. The topological polar surface area (TPSA) is 58.3 Å². The molecule has 2 aromatic carbocycles. The number of thioether (sulfide) groups is 1. The molecule has 5 rings (SSSR count). The molecule has 2 aromatic heterocycles. The lowest BCUT2D eigenvalue weighted by Crippen LogP contribution is -2.22. The van der Waals surface area contributed by atoms with Crippen molar-refractivity contribution < 1.29 is 13.9 Å². The third-order valence-electron chi connectivity index (χ3n) is 5.06. The zero-order chi connectivity index (χ0) is 22.2. The van der Waals surface area contributed by atoms with E-state index in [0.29, 0.717) is 44.1 Å². The van der Waals surface area contributed by atoms with Crippen LogP contribution in [0.1, 0.15) is 5.56 Å². The molecule has 1 aliphatic rings. The van der Waals surface area contributed by atoms with E-state index in [-0.39, 0.29) is 17.7 Å². The predicted octanol–water partition coefficient (Wildman–Crippen LogP) is 4.88. The number of hydrogen-bond acceptors (Lipinski definition) is 7. The quantitative estimate of drug-likeness (QED) is 0.227. The van der Waals surface area contributed by atoms with Crippen LogP contribution in [0.4, 0.5) is 4.39 Å². The van der Waals surface area contributed by atoms with Crippen molar-refractivity contribution >= 4 is 45.7 Å². The van der Waals surface area contributed by atoms with Gasteiger partial charge in [-0.2, -0.15) is 0 Å². The van der Waals surface area contributed by atoms with E-state index >= 15 is 0 Å². The number of hydrogen-bond donors (Lipinski definition) is 0. The van der Waals surface area contributed by atoms with Crippen LogP contribution in [0.15, 0.2) is 58.5 Å². The molecule has 164 valence electrons. The van der Waals surface area contributed by atoms with Crippen LogP contribution in [0.25, 0.3) is 21.7 Å². The van der Waals surface area contributed by atoms with Crippen LogP contribution < -0.4 is 5.56 Å². The van der Waals surface area contributed by atoms with Gasteiger partial charge in [0.15, 0.2) is 21.0 Å². The first-order chi connectivity index (χ1) is 15.5. The second-order valence-electron chi connectivity index (χ2n) is 7.14. The van der Waals surface area contributed by atoms with Gasteiger partial charge in [-0.15, -0.1) is 0 Å². The average Bonchev–Trinajstić information content (AvgIpc) is 3.41. The monoisotopic (exact) mass is 487 g/mol. The summed E-state index contributed by atoms with van der Waals surface area (Å²) in [6, 6.07) is 13.6. The molecular formula is C22H18FN3O3S3. The fraction of sp³-hybridized carbons (Fsp3) is 0.227. The van der Waals surface area contributed by atoms with Gasteiger partial charge in [0.1, 0.15) is 10.5 Å². The number of para-hydroxylation sites is 1. The minimum atomic E-state index is -0.376. The highest BCUT2D eigenvalue weighted by molar-refractivity contribution is 7.99. The molecule has 0 atom stereocenters. The molecule has 1 fully saturated rings. The number of thiazole rings is 1. The van der Waals surface area contributed by atoms with Gasteiger partial charge in [-0.1, -0.05) is 41.3 Å². The van der Waals surface area contributed by atoms with Crippen LogP contribution in [0, 0.1) is 16.7 Å². The van der Waals surface area contributed by atoms with Crippen LogP contribution in [0.5, 0.6) is 0 Å². The Morgan fingerprint density at radius 2 is 1.88 bits per heavy atom. The van der Waals surface area contributed by atoms with Gasteiger partial charge >= 0.3 is 0 Å². The number of ether oxygens (including phenoxy) is 2. The molecule has 32 heavy (non-hydrogen) atoms. The molecule has 6 nitrogen and oxygen atoms in total. The van der Waals surface area contributed by atoms with Gasteiger partial charge in [0.05, 0.1) is 30.3 Å². The number of rotatable bonds is 5. The van der Waals surface area contributed by atoms with E-state index in [0.717, 1.165) is 11.3 Å². The Kier molecular flexibility index (Phi) is 5.95. The van der Waals surface area contributed by atoms with Crippen LogP contribution in [0.3, 0.4) is 0 Å². The lowest BCUT2D eigenvalue weighted by Gasteiger charge is -2.15. The van der Waals surface area contributed by atoms with Crippen LogP contribution in [-0.2, 0) is 9.47 Å². The summed E-state index contributed by atoms with van der Waals surface area (Å²) in [5.74, 6) is 0.0909. The van der Waals surface area contributed by atoms with E-state index in [1.165, 1.54) is 39.8 Å². The predicted molar refractivity (Wildman–Crippen MR) is 126 cm³/mol. The van der Waals surface area contributed by atoms with E-state index in [1.807, 2.05) is 35.8 Å². The standard InChI is InChI=1S/C22H18FN3O3S3/c1-13-4-2-3-5-16(13)26-19-18(32-22(26)30)20(27)25(15-8-6-14(23)7-9-15)21(24-19)31-12-17-28-10-11-29-17/h2-9,17H,10-12H2,1H3. The second kappa shape index (κ2) is 8.87. The Morgan fingerprint density at radius 3 is 2.59 bits per heavy atom. The first kappa shape index (κ1) is 21.5. The molecule has 0 bridgehead atoms. The highest BCUT2D eigenvalue weighted by atomic mass is 32.2. The molecule has 3 heterocycles. The van der Waals surface area contributed by atoms with Crippen molar-refractivity contribution in [3.63, 3.8) is 0 Å². The summed E-state index contributed by atoms with van der Waals surface area (Å²) in [6.07, 6.45) is -0.366. The largest absolute Gasteiger partial charge is 0.349 e. The van der Waals surface area contributed by atoms with E-state index in [9.17, 15) is 9.18 Å². The number of halogens is 1. The van der Waals surface area contributed by atoms with Crippen molar-refractivity contribution in [1.29, 1.82) is 0 Å². The van der Waals surface area contributed by atoms with Gasteiger partial charge in [0.25, 0.3) is 5.56 Å². The number of benzene rings is 2. The minimum Gasteiger partial charge on any atom is -0.349 e. The summed E-state index contributed by atoms with van der Waals surface area (Å²) in [5, 5.41) is 0.461. The Hall–Kier alpha value is -2.37. The fourth-order valence-electron chi connectivity index (χ4n) is 3.52. The molecule has 0 aliphatic carbocycles. The Labute approximate surface area is 196 Å². The third kappa shape index (κ3) is 3.93. The second-order valence-corrected chi connectivity index (χ2v) is 9.77. The SMILES string of the molecule is Cc1ccccc1-n1c(=S)sc2c(=O)n(-c3ccc(F)cc3)c(SCC3OCCO3)nc21. The summed E-state index contributed by atoms with van der Waals surface area (Å²) in [6.45, 7) is 3.07. The molecule has 10 heteroatoms. The summed E-state index contributed by atoms with van der Waals surface area (Å²) >= 11 is 8.20. The maximum absolute atomic E-state index is 13.6. The van der Waals surface area contributed by atoms with Crippen LogP contribution in [-0.4, -0.2) is 39.4 Å². The summed E-state index contributed by atoms with van der Waals surface area (Å²) in [4.78, 5) is 18.5. The smallest absolute Gasteiger partial charge is 0.278 e. The van der Waals surface area contributed by atoms with Gasteiger partial charge in [-0.05, 0) is 55.0 Å². The van der Waals surface area contributed by atoms with Gasteiger partial charge in [0, 0.05) is 0 Å². The third-order valence-corrected chi connectivity index (χ3v) is 7.38. The first-order valence-corrected chi connectivity index (χ1v) is 12.1. The molecule has 1 aliphatic heterocycles. The summed E-state index contributed by atoms with van der Waals surface area (Å²) in [7, 11) is 0. The lowest BCUT2D eigenvalue weighted by molar-refractivity contribution is -0.0215. The Bertz CT molecular complexity index is 1410. The molecule has 0 unspecified atom stereocenters. The lowest BCUT2D eigenvalue weighted by atomic mass is 10.2. The number of fused-ring (bicyclic) bond motifs is 1. The number of aromatic nitrogens is 3. The Balaban J connectivity index is 1.73. The van der Waals surface area contributed by atoms with Crippen molar-refractivity contribution in [2.45, 2.75) is 18.4 Å². The van der Waals surface area contributed by atoms with Crippen molar-refractivity contribution in [2.75, 3.05) is 19.0 Å². The molecule has 0 saturated carbocycles. The molecule has 0 N–H and O–H groups in total. The van der Waals surface area contributed by atoms with Crippen molar-refractivity contribution in [2.24, 2.45) is 0 Å². The average molecular weight is 488 g/mol. The highest BCUT2D eigenvalue weighted by Gasteiger charge is 2.22. The zero-order valence-corrected chi connectivity index (χ0v) is 19.4. The Morgan fingerprint density at radius 1 is 1.16 bits per heavy atom. The number of aryl methyl sites for hydroxylation is 1. The van der Waals surface area contributed by atoms with Gasteiger partial charge in [-0.3, -0.25) is 13.9 Å². The maximum atomic E-state index is 13.6. The number of nitrogens with zero attached hydrogens (tertiary/aromatic N) is 3. The molecule has 0 spiro atoms. The van der Waals surface area contributed by atoms with Crippen molar-refractivity contribution in [1.82, 2.24) is 14.1 Å². The summed E-state index contributed by atoms with van der Waals surface area (Å²) < 4.78 is 28.9. The van der Waals surface area contributed by atoms with E-state index in [2.05, 4.69) is 0 Å². The molecule has 1 saturated heterocycles. The maximum Gasteiger partial charge on any atom is 0.278 e. The first-order valence-electron chi connectivity index (χ1n) is 9.89. The zero-order valence-electron chi connectivity index (χ0n) is 17.0. The molecular weight excluding hydrogens is 469 g/mol. The van der Waals surface area contributed by atoms with E-state index in [1.54, 1.807) is 12.1 Å². The minimum absolute atomic E-state index is 0.249.